The van der Waals surface area contributed by atoms with E-state index in [9.17, 15) is 4.79 Å². The van der Waals surface area contributed by atoms with Crippen LogP contribution in [-0.2, 0) is 6.42 Å². The average Bonchev–Trinajstić information content (AvgIpc) is 2.45. The minimum atomic E-state index is -0.358. The Bertz CT molecular complexity index is 449. The van der Waals surface area contributed by atoms with E-state index < -0.39 is 0 Å². The summed E-state index contributed by atoms with van der Waals surface area (Å²) in [7, 11) is 0. The second kappa shape index (κ2) is 2.99. The minimum absolute atomic E-state index is 0.124. The van der Waals surface area contributed by atoms with Gasteiger partial charge in [-0.2, -0.15) is 0 Å². The summed E-state index contributed by atoms with van der Waals surface area (Å²) < 4.78 is 5.48. The molecule has 1 heterocycles. The lowest BCUT2D eigenvalue weighted by molar-refractivity contribution is 0.0985. The topological polar surface area (TPSA) is 50.4 Å². The van der Waals surface area contributed by atoms with E-state index in [4.69, 9.17) is 9.52 Å². The van der Waals surface area contributed by atoms with Gasteiger partial charge in [-0.05, 0) is 13.0 Å². The maximum Gasteiger partial charge on any atom is 0.196 e. The van der Waals surface area contributed by atoms with Crippen LogP contribution in [0.4, 0.5) is 0 Å². The zero-order valence-electron chi connectivity index (χ0n) is 9.13. The number of aliphatic hydroxyl groups is 1. The predicted octanol–water partition coefficient (Wildman–Crippen LogP) is 2.79. The number of carbonyl (C=O) groups excluding carboxylic acids is 1. The SMILES string of the molecule is Cc1cc2c(o1)CC(C)(C)C(=CO)C2=O. The number of allylic oxidation sites excluding steroid dienone is 1. The molecule has 0 aromatic carbocycles. The van der Waals surface area contributed by atoms with Crippen molar-refractivity contribution >= 4 is 5.78 Å². The first kappa shape index (κ1) is 10.0. The third-order valence-electron chi connectivity index (χ3n) is 2.88. The number of aryl methyl sites for hydroxylation is 1. The molecule has 0 radical (unpaired) electrons. The van der Waals surface area contributed by atoms with Gasteiger partial charge in [0.1, 0.15) is 11.5 Å². The molecule has 2 rings (SSSR count). The molecule has 0 spiro atoms. The number of Topliss-reactive ketones (excluding diaryl/α,β-unsaturated/α-hetero) is 1. The van der Waals surface area contributed by atoms with Crippen LogP contribution in [0.2, 0.25) is 0 Å². The summed E-state index contributed by atoms with van der Waals surface area (Å²) in [6.07, 6.45) is 1.57. The zero-order chi connectivity index (χ0) is 11.2. The average molecular weight is 206 g/mol. The van der Waals surface area contributed by atoms with E-state index in [1.165, 1.54) is 0 Å². The molecular weight excluding hydrogens is 192 g/mol. The van der Waals surface area contributed by atoms with Crippen LogP contribution in [0.1, 0.15) is 35.7 Å². The molecule has 0 saturated carbocycles. The van der Waals surface area contributed by atoms with Crippen molar-refractivity contribution in [1.29, 1.82) is 0 Å². The molecule has 80 valence electrons. The zero-order valence-corrected chi connectivity index (χ0v) is 9.13. The highest BCUT2D eigenvalue weighted by molar-refractivity contribution is 6.11. The standard InChI is InChI=1S/C12H14O3/c1-7-4-8-10(15-7)5-12(2,3)9(6-13)11(8)14/h4,6,13H,5H2,1-3H3. The first-order chi connectivity index (χ1) is 6.95. The van der Waals surface area contributed by atoms with Gasteiger partial charge < -0.3 is 9.52 Å². The second-order valence-corrected chi connectivity index (χ2v) is 4.63. The molecule has 1 aromatic rings. The Kier molecular flexibility index (Phi) is 2.00. The summed E-state index contributed by atoms with van der Waals surface area (Å²) in [4.78, 5) is 12.0. The van der Waals surface area contributed by atoms with Crippen molar-refractivity contribution < 1.29 is 14.3 Å². The molecule has 0 fully saturated rings. The molecule has 1 aliphatic rings. The molecule has 0 amide bonds. The van der Waals surface area contributed by atoms with Gasteiger partial charge in [0.15, 0.2) is 5.78 Å². The Balaban J connectivity index is 2.60. The molecular formula is C12H14O3. The van der Waals surface area contributed by atoms with Gasteiger partial charge in [0, 0.05) is 17.4 Å². The number of ketones is 1. The van der Waals surface area contributed by atoms with E-state index in [2.05, 4.69) is 0 Å². The Morgan fingerprint density at radius 3 is 2.80 bits per heavy atom. The van der Waals surface area contributed by atoms with Crippen molar-refractivity contribution in [2.45, 2.75) is 27.2 Å². The number of carbonyl (C=O) groups is 1. The fourth-order valence-corrected chi connectivity index (χ4v) is 2.07. The fourth-order valence-electron chi connectivity index (χ4n) is 2.07. The number of furan rings is 1. The van der Waals surface area contributed by atoms with E-state index in [1.54, 1.807) is 6.07 Å². The highest BCUT2D eigenvalue weighted by Gasteiger charge is 2.38. The lowest BCUT2D eigenvalue weighted by atomic mass is 9.73. The summed E-state index contributed by atoms with van der Waals surface area (Å²) in [5.74, 6) is 1.34. The van der Waals surface area contributed by atoms with Gasteiger partial charge in [0.05, 0.1) is 11.8 Å². The number of aliphatic hydroxyl groups excluding tert-OH is 1. The van der Waals surface area contributed by atoms with E-state index in [1.807, 2.05) is 20.8 Å². The molecule has 3 nitrogen and oxygen atoms in total. The quantitative estimate of drug-likeness (QED) is 0.524. The molecule has 0 bridgehead atoms. The van der Waals surface area contributed by atoms with Crippen LogP contribution >= 0.6 is 0 Å². The maximum absolute atomic E-state index is 12.0. The Morgan fingerprint density at radius 1 is 1.53 bits per heavy atom. The number of hydrogen-bond acceptors (Lipinski definition) is 3. The molecule has 1 N–H and O–H groups in total. The van der Waals surface area contributed by atoms with Crippen molar-refractivity contribution in [3.8, 4) is 0 Å². The van der Waals surface area contributed by atoms with E-state index in [0.29, 0.717) is 17.6 Å². The summed E-state index contributed by atoms with van der Waals surface area (Å²) >= 11 is 0. The highest BCUT2D eigenvalue weighted by Crippen LogP contribution is 2.39. The third-order valence-corrected chi connectivity index (χ3v) is 2.88. The summed E-state index contributed by atoms with van der Waals surface area (Å²) in [6, 6.07) is 1.73. The Hall–Kier alpha value is -1.51. The Labute approximate surface area is 88.4 Å². The first-order valence-electron chi connectivity index (χ1n) is 4.94. The van der Waals surface area contributed by atoms with Crippen LogP contribution in [0.5, 0.6) is 0 Å². The van der Waals surface area contributed by atoms with Gasteiger partial charge in [-0.25, -0.2) is 0 Å². The monoisotopic (exact) mass is 206 g/mol. The number of rotatable bonds is 0. The summed E-state index contributed by atoms with van der Waals surface area (Å²) in [5.41, 5.74) is 0.686. The second-order valence-electron chi connectivity index (χ2n) is 4.63. The summed E-state index contributed by atoms with van der Waals surface area (Å²) in [6.45, 7) is 5.67. The predicted molar refractivity (Wildman–Crippen MR) is 56.0 cm³/mol. The van der Waals surface area contributed by atoms with E-state index >= 15 is 0 Å². The molecule has 15 heavy (non-hydrogen) atoms. The van der Waals surface area contributed by atoms with Crippen LogP contribution in [-0.4, -0.2) is 10.9 Å². The molecule has 0 unspecified atom stereocenters. The van der Waals surface area contributed by atoms with Crippen LogP contribution in [0, 0.1) is 12.3 Å². The largest absolute Gasteiger partial charge is 0.515 e. The number of hydrogen-bond donors (Lipinski definition) is 1. The molecule has 0 saturated heterocycles. The molecule has 1 aliphatic carbocycles. The molecule has 0 atom stereocenters. The van der Waals surface area contributed by atoms with Crippen LogP contribution < -0.4 is 0 Å². The smallest absolute Gasteiger partial charge is 0.196 e. The van der Waals surface area contributed by atoms with Gasteiger partial charge in [0.2, 0.25) is 0 Å². The van der Waals surface area contributed by atoms with E-state index in [-0.39, 0.29) is 11.2 Å². The molecule has 1 aromatic heterocycles. The highest BCUT2D eigenvalue weighted by atomic mass is 16.3. The van der Waals surface area contributed by atoms with Crippen molar-refractivity contribution in [2.24, 2.45) is 5.41 Å². The normalized spacial score (nSPS) is 21.8. The van der Waals surface area contributed by atoms with Crippen LogP contribution in [0.15, 0.2) is 22.3 Å². The Morgan fingerprint density at radius 2 is 2.20 bits per heavy atom. The molecule has 3 heteroatoms. The lowest BCUT2D eigenvalue weighted by Crippen LogP contribution is -2.29. The van der Waals surface area contributed by atoms with Crippen molar-refractivity contribution in [3.05, 3.63) is 35.0 Å². The lowest BCUT2D eigenvalue weighted by Gasteiger charge is -2.29. The summed E-state index contributed by atoms with van der Waals surface area (Å²) in [5, 5.41) is 9.12. The van der Waals surface area contributed by atoms with Gasteiger partial charge in [-0.1, -0.05) is 13.8 Å². The van der Waals surface area contributed by atoms with Crippen molar-refractivity contribution in [1.82, 2.24) is 0 Å². The van der Waals surface area contributed by atoms with Crippen LogP contribution in [0.3, 0.4) is 0 Å². The van der Waals surface area contributed by atoms with E-state index in [0.717, 1.165) is 17.8 Å². The maximum atomic E-state index is 12.0. The first-order valence-corrected chi connectivity index (χ1v) is 4.94. The van der Waals surface area contributed by atoms with Crippen molar-refractivity contribution in [2.75, 3.05) is 0 Å². The van der Waals surface area contributed by atoms with Gasteiger partial charge >= 0.3 is 0 Å². The van der Waals surface area contributed by atoms with Crippen LogP contribution in [0.25, 0.3) is 0 Å². The van der Waals surface area contributed by atoms with Gasteiger partial charge in [-0.15, -0.1) is 0 Å². The number of fused-ring (bicyclic) bond motifs is 1. The van der Waals surface area contributed by atoms with Crippen molar-refractivity contribution in [3.63, 3.8) is 0 Å². The van der Waals surface area contributed by atoms with Gasteiger partial charge in [0.25, 0.3) is 0 Å². The minimum Gasteiger partial charge on any atom is -0.515 e. The van der Waals surface area contributed by atoms with Gasteiger partial charge in [-0.3, -0.25) is 4.79 Å². The third kappa shape index (κ3) is 1.39. The molecule has 0 aliphatic heterocycles. The fraction of sp³-hybridized carbons (Fsp3) is 0.417.